The van der Waals surface area contributed by atoms with E-state index in [1.807, 2.05) is 0 Å². The average Bonchev–Trinajstić information content (AvgIpc) is 2.59. The highest BCUT2D eigenvalue weighted by atomic mass is 16.8. The average molecular weight is 170 g/mol. The zero-order chi connectivity index (χ0) is 8.23. The second kappa shape index (κ2) is 3.48. The quantitative estimate of drug-likeness (QED) is 0.606. The lowest BCUT2D eigenvalue weighted by atomic mass is 10.2. The van der Waals surface area contributed by atoms with Crippen molar-refractivity contribution < 1.29 is 9.57 Å². The molecule has 0 amide bonds. The van der Waals surface area contributed by atoms with Crippen molar-refractivity contribution in [2.45, 2.75) is 25.6 Å². The monoisotopic (exact) mass is 170 g/mol. The van der Waals surface area contributed by atoms with Crippen LogP contribution < -0.4 is 4.84 Å². The van der Waals surface area contributed by atoms with E-state index in [2.05, 4.69) is 15.5 Å². The molecule has 12 heavy (non-hydrogen) atoms. The van der Waals surface area contributed by atoms with Gasteiger partial charge in [0, 0.05) is 6.42 Å². The number of rotatable bonds is 2. The Bertz CT molecular complexity index is 219. The Balaban J connectivity index is 1.86. The summed E-state index contributed by atoms with van der Waals surface area (Å²) in [4.78, 5) is 6.47. The van der Waals surface area contributed by atoms with Gasteiger partial charge < -0.3 is 9.57 Å². The van der Waals surface area contributed by atoms with Crippen LogP contribution >= 0.6 is 0 Å². The number of nitrogens with zero attached hydrogens (tertiary/aromatic N) is 4. The second-order valence-electron chi connectivity index (χ2n) is 2.61. The van der Waals surface area contributed by atoms with Gasteiger partial charge in [-0.2, -0.15) is 0 Å². The summed E-state index contributed by atoms with van der Waals surface area (Å²) < 4.78 is 5.31. The topological polar surface area (TPSA) is 62.1 Å². The Morgan fingerprint density at radius 1 is 1.50 bits per heavy atom. The normalized spacial score (nSPS) is 23.8. The van der Waals surface area contributed by atoms with E-state index in [9.17, 15) is 0 Å². The van der Waals surface area contributed by atoms with Gasteiger partial charge in [0.15, 0.2) is 6.33 Å². The smallest absolute Gasteiger partial charge is 0.226 e. The highest BCUT2D eigenvalue weighted by Crippen LogP contribution is 2.10. The summed E-state index contributed by atoms with van der Waals surface area (Å²) in [7, 11) is 0. The van der Waals surface area contributed by atoms with E-state index in [4.69, 9.17) is 9.57 Å². The fourth-order valence-electron chi connectivity index (χ4n) is 1.12. The van der Waals surface area contributed by atoms with Gasteiger partial charge in [-0.25, -0.2) is 0 Å². The predicted octanol–water partition coefficient (Wildman–Crippen LogP) is -0.372. The molecule has 2 heterocycles. The van der Waals surface area contributed by atoms with Crippen LogP contribution in [0.25, 0.3) is 0 Å². The van der Waals surface area contributed by atoms with Crippen molar-refractivity contribution in [3.63, 3.8) is 0 Å². The Kier molecular flexibility index (Phi) is 2.17. The number of hydrogen-bond donors (Lipinski definition) is 0. The van der Waals surface area contributed by atoms with Crippen molar-refractivity contribution in [2.75, 3.05) is 6.61 Å². The molecule has 6 nitrogen and oxygen atoms in total. The molecule has 0 aliphatic carbocycles. The fraction of sp³-hybridized carbons (Fsp3) is 0.833. The lowest BCUT2D eigenvalue weighted by Crippen LogP contribution is -2.31. The molecule has 1 atom stereocenters. The molecule has 6 heteroatoms. The Morgan fingerprint density at radius 2 is 2.50 bits per heavy atom. The molecule has 0 spiro atoms. The van der Waals surface area contributed by atoms with Gasteiger partial charge in [-0.05, 0) is 23.3 Å². The third-order valence-corrected chi connectivity index (χ3v) is 1.69. The fourth-order valence-corrected chi connectivity index (χ4v) is 1.12. The molecular formula is C6H10N4O2. The minimum Gasteiger partial charge on any atom is -0.362 e. The van der Waals surface area contributed by atoms with Crippen LogP contribution in [0, 0.1) is 0 Å². The molecule has 1 aliphatic rings. The van der Waals surface area contributed by atoms with Gasteiger partial charge in [0.25, 0.3) is 0 Å². The predicted molar refractivity (Wildman–Crippen MR) is 38.0 cm³/mol. The molecule has 1 aromatic rings. The van der Waals surface area contributed by atoms with E-state index in [-0.39, 0.29) is 6.29 Å². The molecule has 0 saturated carbocycles. The van der Waals surface area contributed by atoms with Crippen LogP contribution in [-0.2, 0) is 4.74 Å². The maximum atomic E-state index is 5.31. The first-order valence-corrected chi connectivity index (χ1v) is 3.97. The molecule has 1 unspecified atom stereocenters. The SMILES string of the molecule is c1nnnn1OC1CCCCO1. The molecule has 1 saturated heterocycles. The van der Waals surface area contributed by atoms with E-state index >= 15 is 0 Å². The molecule has 1 aliphatic heterocycles. The second-order valence-corrected chi connectivity index (χ2v) is 2.61. The van der Waals surface area contributed by atoms with Gasteiger partial charge in [-0.1, -0.05) is 4.85 Å². The van der Waals surface area contributed by atoms with Crippen LogP contribution in [0.2, 0.25) is 0 Å². The summed E-state index contributed by atoms with van der Waals surface area (Å²) >= 11 is 0. The molecule has 0 radical (unpaired) electrons. The molecular weight excluding hydrogens is 160 g/mol. The third kappa shape index (κ3) is 1.70. The van der Waals surface area contributed by atoms with Gasteiger partial charge in [0.05, 0.1) is 6.61 Å². The largest absolute Gasteiger partial charge is 0.362 e. The van der Waals surface area contributed by atoms with E-state index < -0.39 is 0 Å². The van der Waals surface area contributed by atoms with Crippen LogP contribution in [0.5, 0.6) is 0 Å². The summed E-state index contributed by atoms with van der Waals surface area (Å²) in [5.41, 5.74) is 0. The summed E-state index contributed by atoms with van der Waals surface area (Å²) in [5.74, 6) is 0. The van der Waals surface area contributed by atoms with Crippen molar-refractivity contribution >= 4 is 0 Å². The molecule has 0 aromatic carbocycles. The van der Waals surface area contributed by atoms with Crippen molar-refractivity contribution in [1.29, 1.82) is 0 Å². The van der Waals surface area contributed by atoms with E-state index in [0.29, 0.717) is 0 Å². The Labute approximate surface area is 69.4 Å². The maximum Gasteiger partial charge on any atom is 0.226 e. The van der Waals surface area contributed by atoms with Crippen LogP contribution in [0.4, 0.5) is 0 Å². The lowest BCUT2D eigenvalue weighted by Gasteiger charge is -2.21. The molecule has 66 valence electrons. The van der Waals surface area contributed by atoms with Crippen molar-refractivity contribution in [1.82, 2.24) is 20.4 Å². The first kappa shape index (κ1) is 7.48. The van der Waals surface area contributed by atoms with Crippen LogP contribution in [0.15, 0.2) is 6.33 Å². The van der Waals surface area contributed by atoms with Gasteiger partial charge in [-0.3, -0.25) is 0 Å². The van der Waals surface area contributed by atoms with Gasteiger partial charge in [0.1, 0.15) is 0 Å². The molecule has 1 fully saturated rings. The van der Waals surface area contributed by atoms with Crippen molar-refractivity contribution in [3.05, 3.63) is 6.33 Å². The van der Waals surface area contributed by atoms with Gasteiger partial charge in [0.2, 0.25) is 6.29 Å². The summed E-state index contributed by atoms with van der Waals surface area (Å²) in [5, 5.41) is 10.4. The first-order valence-electron chi connectivity index (χ1n) is 3.97. The minimum absolute atomic E-state index is 0.192. The molecule has 2 rings (SSSR count). The maximum absolute atomic E-state index is 5.31. The van der Waals surface area contributed by atoms with Gasteiger partial charge in [-0.15, -0.1) is 5.10 Å². The van der Waals surface area contributed by atoms with Gasteiger partial charge >= 0.3 is 0 Å². The van der Waals surface area contributed by atoms with Crippen LogP contribution in [0.1, 0.15) is 19.3 Å². The van der Waals surface area contributed by atoms with Crippen LogP contribution in [-0.4, -0.2) is 33.3 Å². The number of aromatic nitrogens is 4. The third-order valence-electron chi connectivity index (χ3n) is 1.69. The number of tetrazole rings is 1. The van der Waals surface area contributed by atoms with Crippen molar-refractivity contribution in [3.8, 4) is 0 Å². The van der Waals surface area contributed by atoms with Crippen LogP contribution in [0.3, 0.4) is 0 Å². The highest BCUT2D eigenvalue weighted by Gasteiger charge is 2.15. The van der Waals surface area contributed by atoms with Crippen molar-refractivity contribution in [2.24, 2.45) is 0 Å². The number of hydrogen-bond acceptors (Lipinski definition) is 5. The number of ether oxygens (including phenoxy) is 1. The summed E-state index contributed by atoms with van der Waals surface area (Å²) in [6.07, 6.45) is 4.35. The van der Waals surface area contributed by atoms with E-state index in [1.165, 1.54) is 11.2 Å². The Morgan fingerprint density at radius 3 is 3.17 bits per heavy atom. The summed E-state index contributed by atoms with van der Waals surface area (Å²) in [6.45, 7) is 0.757. The molecule has 0 N–H and O–H groups in total. The standard InChI is InChI=1S/C6H10N4O2/c1-2-4-11-6(3-1)12-10-5-7-8-9-10/h5-6H,1-4H2. The zero-order valence-electron chi connectivity index (χ0n) is 6.59. The zero-order valence-corrected chi connectivity index (χ0v) is 6.59. The molecule has 0 bridgehead atoms. The Hall–Kier alpha value is -1.17. The first-order chi connectivity index (χ1) is 5.95. The highest BCUT2D eigenvalue weighted by molar-refractivity contribution is 4.53. The molecule has 1 aromatic heterocycles. The summed E-state index contributed by atoms with van der Waals surface area (Å²) in [6, 6.07) is 0. The minimum atomic E-state index is -0.192. The van der Waals surface area contributed by atoms with E-state index in [0.717, 1.165) is 25.9 Å². The lowest BCUT2D eigenvalue weighted by molar-refractivity contribution is -0.173. The van der Waals surface area contributed by atoms with E-state index in [1.54, 1.807) is 0 Å².